The number of likely N-dealkylation sites (tertiary alicyclic amines) is 1. The number of hydrogen-bond acceptors (Lipinski definition) is 4. The SMILES string of the molecule is O=C(O)C1COCCN1C(=O)C1CCN(C(=O)c2ccccc2)CC1. The summed E-state index contributed by atoms with van der Waals surface area (Å²) in [4.78, 5) is 39.7. The molecule has 0 aromatic heterocycles. The molecule has 1 N–H and O–H groups in total. The van der Waals surface area contributed by atoms with Gasteiger partial charge >= 0.3 is 5.97 Å². The number of carboxylic acids is 1. The Hall–Kier alpha value is -2.41. The summed E-state index contributed by atoms with van der Waals surface area (Å²) in [6.45, 7) is 1.71. The largest absolute Gasteiger partial charge is 0.480 e. The molecule has 0 radical (unpaired) electrons. The van der Waals surface area contributed by atoms with Crippen LogP contribution >= 0.6 is 0 Å². The van der Waals surface area contributed by atoms with Crippen LogP contribution in [-0.2, 0) is 14.3 Å². The smallest absolute Gasteiger partial charge is 0.328 e. The topological polar surface area (TPSA) is 87.2 Å². The van der Waals surface area contributed by atoms with Crippen LogP contribution < -0.4 is 0 Å². The van der Waals surface area contributed by atoms with Crippen molar-refractivity contribution in [3.8, 4) is 0 Å². The Morgan fingerprint density at radius 1 is 1.04 bits per heavy atom. The molecule has 2 saturated heterocycles. The molecule has 1 unspecified atom stereocenters. The molecule has 0 bridgehead atoms. The Balaban J connectivity index is 1.59. The fourth-order valence-electron chi connectivity index (χ4n) is 3.40. The Morgan fingerprint density at radius 2 is 1.72 bits per heavy atom. The number of nitrogens with zero attached hydrogens (tertiary/aromatic N) is 2. The van der Waals surface area contributed by atoms with Crippen molar-refractivity contribution in [2.75, 3.05) is 32.8 Å². The normalized spacial score (nSPS) is 21.8. The molecular weight excluding hydrogens is 324 g/mol. The lowest BCUT2D eigenvalue weighted by Gasteiger charge is -2.38. The first-order chi connectivity index (χ1) is 12.1. The van der Waals surface area contributed by atoms with Gasteiger partial charge < -0.3 is 19.6 Å². The predicted octanol–water partition coefficient (Wildman–Crippen LogP) is 0.851. The minimum atomic E-state index is -1.04. The van der Waals surface area contributed by atoms with Crippen LogP contribution in [0.25, 0.3) is 0 Å². The maximum atomic E-state index is 12.7. The van der Waals surface area contributed by atoms with Crippen LogP contribution in [0.5, 0.6) is 0 Å². The van der Waals surface area contributed by atoms with Crippen molar-refractivity contribution < 1.29 is 24.2 Å². The van der Waals surface area contributed by atoms with E-state index in [1.807, 2.05) is 18.2 Å². The zero-order valence-corrected chi connectivity index (χ0v) is 14.0. The summed E-state index contributed by atoms with van der Waals surface area (Å²) in [6, 6.07) is 8.17. The van der Waals surface area contributed by atoms with E-state index in [1.54, 1.807) is 17.0 Å². The van der Waals surface area contributed by atoms with E-state index >= 15 is 0 Å². The number of carbonyl (C=O) groups is 3. The van der Waals surface area contributed by atoms with Crippen molar-refractivity contribution in [2.24, 2.45) is 5.92 Å². The van der Waals surface area contributed by atoms with Gasteiger partial charge in [0.05, 0.1) is 13.2 Å². The van der Waals surface area contributed by atoms with E-state index in [0.717, 1.165) is 0 Å². The average Bonchev–Trinajstić information content (AvgIpc) is 2.67. The maximum Gasteiger partial charge on any atom is 0.328 e. The summed E-state index contributed by atoms with van der Waals surface area (Å²) in [7, 11) is 0. The molecule has 2 aliphatic rings. The summed E-state index contributed by atoms with van der Waals surface area (Å²) in [5.74, 6) is -1.44. The minimum absolute atomic E-state index is 0.0266. The fraction of sp³-hybridized carbons (Fsp3) is 0.500. The monoisotopic (exact) mass is 346 g/mol. The standard InChI is InChI=1S/C18H22N2O5/c21-16(13-4-2-1-3-5-13)19-8-6-14(7-9-19)17(22)20-10-11-25-12-15(20)18(23)24/h1-5,14-15H,6-12H2,(H,23,24). The predicted molar refractivity (Wildman–Crippen MR) is 89.0 cm³/mol. The van der Waals surface area contributed by atoms with E-state index < -0.39 is 12.0 Å². The number of hydrogen-bond donors (Lipinski definition) is 1. The highest BCUT2D eigenvalue weighted by Crippen LogP contribution is 2.23. The first kappa shape index (κ1) is 17.4. The van der Waals surface area contributed by atoms with Crippen molar-refractivity contribution in [2.45, 2.75) is 18.9 Å². The second kappa shape index (κ2) is 7.65. The minimum Gasteiger partial charge on any atom is -0.480 e. The van der Waals surface area contributed by atoms with Gasteiger partial charge in [-0.05, 0) is 25.0 Å². The van der Waals surface area contributed by atoms with Gasteiger partial charge in [-0.15, -0.1) is 0 Å². The van der Waals surface area contributed by atoms with Crippen LogP contribution in [0.3, 0.4) is 0 Å². The summed E-state index contributed by atoms with van der Waals surface area (Å²) < 4.78 is 5.18. The van der Waals surface area contributed by atoms with Gasteiger partial charge in [0.25, 0.3) is 5.91 Å². The first-order valence-electron chi connectivity index (χ1n) is 8.53. The quantitative estimate of drug-likeness (QED) is 0.877. The number of carbonyl (C=O) groups excluding carboxylic acids is 2. The van der Waals surface area contributed by atoms with Gasteiger partial charge in [-0.2, -0.15) is 0 Å². The lowest BCUT2D eigenvalue weighted by molar-refractivity contribution is -0.160. The van der Waals surface area contributed by atoms with Crippen molar-refractivity contribution in [3.63, 3.8) is 0 Å². The van der Waals surface area contributed by atoms with Gasteiger partial charge in [0, 0.05) is 31.1 Å². The van der Waals surface area contributed by atoms with Crippen molar-refractivity contribution >= 4 is 17.8 Å². The van der Waals surface area contributed by atoms with E-state index in [0.29, 0.717) is 44.6 Å². The van der Waals surface area contributed by atoms with Crippen molar-refractivity contribution in [3.05, 3.63) is 35.9 Å². The number of carboxylic acid groups (broad SMARTS) is 1. The van der Waals surface area contributed by atoms with Crippen LogP contribution in [0.4, 0.5) is 0 Å². The van der Waals surface area contributed by atoms with Crippen molar-refractivity contribution in [1.82, 2.24) is 9.80 Å². The molecule has 2 heterocycles. The third-order valence-corrected chi connectivity index (χ3v) is 4.85. The van der Waals surface area contributed by atoms with Gasteiger partial charge in [0.2, 0.25) is 5.91 Å². The molecule has 2 aliphatic heterocycles. The molecule has 3 rings (SSSR count). The third-order valence-electron chi connectivity index (χ3n) is 4.85. The molecular formula is C18H22N2O5. The molecule has 2 amide bonds. The zero-order valence-electron chi connectivity index (χ0n) is 14.0. The van der Waals surface area contributed by atoms with Crippen molar-refractivity contribution in [1.29, 1.82) is 0 Å². The van der Waals surface area contributed by atoms with E-state index in [-0.39, 0.29) is 24.3 Å². The molecule has 1 atom stereocenters. The van der Waals surface area contributed by atoms with Gasteiger partial charge in [0.15, 0.2) is 6.04 Å². The van der Waals surface area contributed by atoms with Crippen LogP contribution in [0.1, 0.15) is 23.2 Å². The highest BCUT2D eigenvalue weighted by atomic mass is 16.5. The fourth-order valence-corrected chi connectivity index (χ4v) is 3.40. The van der Waals surface area contributed by atoms with Gasteiger partial charge in [-0.25, -0.2) is 4.79 Å². The number of morpholine rings is 1. The second-order valence-corrected chi connectivity index (χ2v) is 6.39. The van der Waals surface area contributed by atoms with Gasteiger partial charge in [-0.1, -0.05) is 18.2 Å². The van der Waals surface area contributed by atoms with Crippen LogP contribution in [0, 0.1) is 5.92 Å². The Morgan fingerprint density at radius 3 is 2.36 bits per heavy atom. The molecule has 1 aromatic carbocycles. The van der Waals surface area contributed by atoms with Crippen LogP contribution in [0.2, 0.25) is 0 Å². The molecule has 25 heavy (non-hydrogen) atoms. The second-order valence-electron chi connectivity index (χ2n) is 6.39. The summed E-state index contributed by atoms with van der Waals surface area (Å²) >= 11 is 0. The number of amides is 2. The summed E-state index contributed by atoms with van der Waals surface area (Å²) in [5, 5.41) is 9.27. The molecule has 0 saturated carbocycles. The number of aliphatic carboxylic acids is 1. The van der Waals surface area contributed by atoms with Gasteiger partial charge in [0.1, 0.15) is 0 Å². The van der Waals surface area contributed by atoms with Crippen LogP contribution in [0.15, 0.2) is 30.3 Å². The zero-order chi connectivity index (χ0) is 17.8. The Kier molecular flexibility index (Phi) is 5.33. The molecule has 0 spiro atoms. The van der Waals surface area contributed by atoms with Crippen LogP contribution in [-0.4, -0.2) is 71.6 Å². The molecule has 7 heteroatoms. The number of ether oxygens (including phenoxy) is 1. The lowest BCUT2D eigenvalue weighted by atomic mass is 9.94. The molecule has 2 fully saturated rings. The summed E-state index contributed by atoms with van der Waals surface area (Å²) in [5.41, 5.74) is 0.645. The summed E-state index contributed by atoms with van der Waals surface area (Å²) in [6.07, 6.45) is 1.11. The molecule has 1 aromatic rings. The molecule has 0 aliphatic carbocycles. The molecule has 7 nitrogen and oxygen atoms in total. The Bertz CT molecular complexity index is 640. The highest BCUT2D eigenvalue weighted by Gasteiger charge is 2.37. The molecule has 134 valence electrons. The van der Waals surface area contributed by atoms with E-state index in [2.05, 4.69) is 0 Å². The Labute approximate surface area is 146 Å². The lowest BCUT2D eigenvalue weighted by Crippen LogP contribution is -2.55. The number of benzene rings is 1. The number of rotatable bonds is 3. The van der Waals surface area contributed by atoms with E-state index in [9.17, 15) is 19.5 Å². The average molecular weight is 346 g/mol. The third kappa shape index (κ3) is 3.82. The van der Waals surface area contributed by atoms with Gasteiger partial charge in [-0.3, -0.25) is 9.59 Å². The first-order valence-corrected chi connectivity index (χ1v) is 8.53. The van der Waals surface area contributed by atoms with E-state index in [1.165, 1.54) is 4.90 Å². The van der Waals surface area contributed by atoms with E-state index in [4.69, 9.17) is 4.74 Å². The highest BCUT2D eigenvalue weighted by molar-refractivity contribution is 5.94. The maximum absolute atomic E-state index is 12.7. The number of piperidine rings is 1.